The summed E-state index contributed by atoms with van der Waals surface area (Å²) in [5.41, 5.74) is 0. The van der Waals surface area contributed by atoms with Gasteiger partial charge in [0.05, 0.1) is 19.8 Å². The predicted molar refractivity (Wildman–Crippen MR) is 89.6 cm³/mol. The molecule has 0 aliphatic heterocycles. The molecule has 0 aliphatic carbocycles. The minimum Gasteiger partial charge on any atom is -0.781 e. The maximum absolute atomic E-state index is 9.73. The molecule has 0 heterocycles. The Morgan fingerprint density at radius 1 is 0.600 bits per heavy atom. The van der Waals surface area contributed by atoms with Crippen molar-refractivity contribution in [1.29, 1.82) is 0 Å². The quantitative estimate of drug-likeness (QED) is 0.311. The van der Waals surface area contributed by atoms with E-state index in [2.05, 4.69) is 13.6 Å². The van der Waals surface area contributed by atoms with E-state index < -0.39 is 24.8 Å². The fourth-order valence-corrected chi connectivity index (χ4v) is 1.83. The van der Waals surface area contributed by atoms with Gasteiger partial charge in [-0.25, -0.2) is 0 Å². The van der Waals surface area contributed by atoms with E-state index in [1.54, 1.807) is 0 Å². The van der Waals surface area contributed by atoms with Crippen molar-refractivity contribution in [2.75, 3.05) is 19.8 Å². The van der Waals surface area contributed by atoms with Crippen LogP contribution in [0.1, 0.15) is 59.3 Å². The predicted octanol–water partition coefficient (Wildman–Crippen LogP) is 1.66. The van der Waals surface area contributed by atoms with Gasteiger partial charge >= 0.3 is 17.4 Å². The molecule has 13 heteroatoms. The zero-order valence-corrected chi connectivity index (χ0v) is 19.2. The van der Waals surface area contributed by atoms with Gasteiger partial charge in [-0.1, -0.05) is 40.0 Å². The van der Waals surface area contributed by atoms with Gasteiger partial charge in [0.1, 0.15) is 24.8 Å². The number of rotatable bonds is 12. The average Bonchev–Trinajstić information content (AvgIpc) is 2.48. The maximum atomic E-state index is 9.73. The normalized spacial score (nSPS) is 13.2. The molecule has 0 bridgehead atoms. The Morgan fingerprint density at radius 3 is 0.920 bits per heavy atom. The van der Waals surface area contributed by atoms with E-state index in [0.29, 0.717) is 19.8 Å². The van der Waals surface area contributed by atoms with Crippen molar-refractivity contribution in [3.63, 3.8) is 0 Å². The summed E-state index contributed by atoms with van der Waals surface area (Å²) in [6, 6.07) is 0. The summed E-state index contributed by atoms with van der Waals surface area (Å²) in [6.45, 7) is 6.97. The third-order valence-electron chi connectivity index (χ3n) is 2.15. The van der Waals surface area contributed by atoms with Crippen molar-refractivity contribution in [1.82, 2.24) is 0 Å². The Morgan fingerprint density at radius 2 is 0.800 bits per heavy atom. The molecule has 3 unspecified atom stereocenters. The molecule has 9 nitrogen and oxygen atoms in total. The van der Waals surface area contributed by atoms with Crippen molar-refractivity contribution in [3.05, 3.63) is 0 Å². The molecule has 25 heavy (non-hydrogen) atoms. The smallest absolute Gasteiger partial charge is 0.781 e. The fourth-order valence-electron chi connectivity index (χ4n) is 0.900. The van der Waals surface area contributed by atoms with Gasteiger partial charge in [0.2, 0.25) is 0 Å². The molecule has 0 saturated heterocycles. The molecule has 0 fully saturated rings. The Balaban J connectivity index is -0.000000130. The van der Waals surface area contributed by atoms with Crippen molar-refractivity contribution in [3.8, 4) is 0 Å². The zero-order valence-electron chi connectivity index (χ0n) is 14.9. The van der Waals surface area contributed by atoms with Gasteiger partial charge in [-0.15, -0.1) is 0 Å². The van der Waals surface area contributed by atoms with Crippen molar-refractivity contribution in [2.45, 2.75) is 59.3 Å². The van der Waals surface area contributed by atoms with Gasteiger partial charge in [0, 0.05) is 0 Å². The summed E-state index contributed by atoms with van der Waals surface area (Å²) in [7, 11) is -8.72. The second-order valence-corrected chi connectivity index (χ2v) is 6.72. The molecule has 0 aromatic carbocycles. The molecule has 153 valence electrons. The molecule has 0 aromatic heterocycles. The molecule has 0 spiro atoms. The largest absolute Gasteiger partial charge is 3.00 e. The van der Waals surface area contributed by atoms with Crippen LogP contribution in [0.15, 0.2) is 0 Å². The van der Waals surface area contributed by atoms with Crippen LogP contribution >= 0.6 is 24.8 Å². The van der Waals surface area contributed by atoms with Crippen molar-refractivity contribution in [2.24, 2.45) is 0 Å². The summed E-state index contributed by atoms with van der Waals surface area (Å²) in [6.07, 6.45) is 5.36. The van der Waals surface area contributed by atoms with Gasteiger partial charge < -0.3 is 41.9 Å². The first kappa shape index (κ1) is 33.6. The maximum Gasteiger partial charge on any atom is 3.00 e. The van der Waals surface area contributed by atoms with Gasteiger partial charge in [0.15, 0.2) is 0 Å². The molecule has 0 aliphatic rings. The minimum atomic E-state index is -2.91. The van der Waals surface area contributed by atoms with E-state index in [1.165, 1.54) is 0 Å². The SMILES string of the molecule is CCCCO[PH](=O)[O-].CCCCO[PH](=O)[O-].CCCCO[PH](=O)[O-].[Cr+3]. The van der Waals surface area contributed by atoms with Gasteiger partial charge in [-0.05, 0) is 19.3 Å². The first-order chi connectivity index (χ1) is 11.3. The van der Waals surface area contributed by atoms with E-state index >= 15 is 0 Å². The topological polar surface area (TPSA) is 148 Å². The fraction of sp³-hybridized carbons (Fsp3) is 1.00. The van der Waals surface area contributed by atoms with Crippen LogP contribution in [0.25, 0.3) is 0 Å². The van der Waals surface area contributed by atoms with E-state index in [1.807, 2.05) is 20.8 Å². The third kappa shape index (κ3) is 51.7. The first-order valence-electron chi connectivity index (χ1n) is 7.82. The van der Waals surface area contributed by atoms with Crippen LogP contribution in [-0.4, -0.2) is 19.8 Å². The molecule has 0 aromatic rings. The number of hydrogen-bond acceptors (Lipinski definition) is 9. The van der Waals surface area contributed by atoms with Crippen LogP contribution in [0.5, 0.6) is 0 Å². The molecule has 0 rings (SSSR count). The molecule has 0 saturated carbocycles. The first-order valence-corrected chi connectivity index (χ1v) is 11.5. The van der Waals surface area contributed by atoms with E-state index in [9.17, 15) is 28.4 Å². The summed E-state index contributed by atoms with van der Waals surface area (Å²) < 4.78 is 42.0. The third-order valence-corrected chi connectivity index (χ3v) is 3.47. The van der Waals surface area contributed by atoms with Crippen LogP contribution in [0.4, 0.5) is 0 Å². The van der Waals surface area contributed by atoms with Crippen LogP contribution < -0.4 is 14.7 Å². The van der Waals surface area contributed by atoms with Crippen molar-refractivity contribution < 1.29 is 59.3 Å². The standard InChI is InChI=1S/3C4H11O3P.Cr/c3*1-2-3-4-7-8(5)6;/h3*8H,2-4H2,1H3,(H,5,6);/q;;;+3/p-3. The monoisotopic (exact) mass is 463 g/mol. The molecular weight excluding hydrogens is 433 g/mol. The van der Waals surface area contributed by atoms with Crippen LogP contribution in [0.3, 0.4) is 0 Å². The Hall–Kier alpha value is 0.982. The molecule has 0 N–H and O–H groups in total. The summed E-state index contributed by atoms with van der Waals surface area (Å²) in [4.78, 5) is 29.2. The molecule has 0 amide bonds. The second kappa shape index (κ2) is 29.7. The zero-order chi connectivity index (χ0) is 19.2. The summed E-state index contributed by atoms with van der Waals surface area (Å²) in [5, 5.41) is 0. The number of unbranched alkanes of at least 4 members (excludes halogenated alkanes) is 3. The van der Waals surface area contributed by atoms with Crippen LogP contribution in [0.2, 0.25) is 0 Å². The Labute approximate surface area is 163 Å². The average molecular weight is 463 g/mol. The summed E-state index contributed by atoms with van der Waals surface area (Å²) >= 11 is 0. The van der Waals surface area contributed by atoms with Crippen LogP contribution in [-0.2, 0) is 44.6 Å². The Bertz CT molecular complexity index is 275. The second-order valence-electron chi connectivity index (χ2n) is 4.36. The van der Waals surface area contributed by atoms with Gasteiger partial charge in [0.25, 0.3) is 0 Å². The minimum absolute atomic E-state index is 0. The van der Waals surface area contributed by atoms with Crippen molar-refractivity contribution >= 4 is 24.8 Å². The molecule has 3 atom stereocenters. The van der Waals surface area contributed by atoms with Gasteiger partial charge in [-0.3, -0.25) is 0 Å². The Kier molecular flexibility index (Phi) is 39.9. The van der Waals surface area contributed by atoms with Gasteiger partial charge in [-0.2, -0.15) is 0 Å². The van der Waals surface area contributed by atoms with Crippen LogP contribution in [0, 0.1) is 0 Å². The van der Waals surface area contributed by atoms with E-state index in [4.69, 9.17) is 0 Å². The number of hydrogen-bond donors (Lipinski definition) is 0. The molecular formula is C12H30CrO9P3. The van der Waals surface area contributed by atoms with E-state index in [-0.39, 0.29) is 17.4 Å². The molecule has 1 radical (unpaired) electrons. The summed E-state index contributed by atoms with van der Waals surface area (Å²) in [5.74, 6) is 0. The van der Waals surface area contributed by atoms with E-state index in [0.717, 1.165) is 38.5 Å².